The van der Waals surface area contributed by atoms with Crippen LogP contribution in [0.3, 0.4) is 0 Å². The summed E-state index contributed by atoms with van der Waals surface area (Å²) in [5.74, 6) is 0. The van der Waals surface area contributed by atoms with Crippen molar-refractivity contribution in [3.8, 4) is 0 Å². The summed E-state index contributed by atoms with van der Waals surface area (Å²) in [6.07, 6.45) is 1.50. The highest BCUT2D eigenvalue weighted by molar-refractivity contribution is 7.98. The zero-order chi connectivity index (χ0) is 9.68. The number of hydrogen-bond acceptors (Lipinski definition) is 3. The van der Waals surface area contributed by atoms with Crippen LogP contribution in [0.5, 0.6) is 0 Å². The largest absolute Gasteiger partial charge is 0.238 e. The summed E-state index contributed by atoms with van der Waals surface area (Å²) >= 11 is 1.51. The van der Waals surface area contributed by atoms with Gasteiger partial charge in [-0.25, -0.2) is 9.18 Å². The highest BCUT2D eigenvalue weighted by Gasteiger charge is 2.06. The number of thioether (sulfide) groups is 1. The first-order valence-corrected chi connectivity index (χ1v) is 4.85. The molecule has 0 heterocycles. The predicted octanol–water partition coefficient (Wildman–Crippen LogP) is 2.71. The fraction of sp³-hybridized carbons (Fsp3) is 0.222. The molecule has 0 radical (unpaired) electrons. The summed E-state index contributed by atoms with van der Waals surface area (Å²) in [7, 11) is 0. The maximum atomic E-state index is 13.0. The molecule has 0 saturated heterocycles. The molecule has 0 bridgehead atoms. The quantitative estimate of drug-likeness (QED) is 0.322. The lowest BCUT2D eigenvalue weighted by atomic mass is 10.2. The molecule has 0 fully saturated rings. The Kier molecular flexibility index (Phi) is 3.68. The number of nitrogens with zero attached hydrogens (tertiary/aromatic N) is 1. The Bertz CT molecular complexity index is 336. The van der Waals surface area contributed by atoms with E-state index >= 15 is 0 Å². The summed E-state index contributed by atoms with van der Waals surface area (Å²) in [4.78, 5) is 13.7. The molecule has 1 rings (SSSR count). The van der Waals surface area contributed by atoms with Gasteiger partial charge in [0.1, 0.15) is 0 Å². The first-order valence-electron chi connectivity index (χ1n) is 3.63. The lowest BCUT2D eigenvalue weighted by Gasteiger charge is -2.02. The third-order valence-electron chi connectivity index (χ3n) is 1.53. The zero-order valence-corrected chi connectivity index (χ0v) is 7.84. The Morgan fingerprint density at radius 2 is 2.38 bits per heavy atom. The van der Waals surface area contributed by atoms with Gasteiger partial charge in [-0.3, -0.25) is 0 Å². The summed E-state index contributed by atoms with van der Waals surface area (Å²) < 4.78 is 13.0. The SMILES string of the molecule is CSc1cccc(C(F)N=C=O)c1. The maximum Gasteiger partial charge on any atom is 0.238 e. The van der Waals surface area contributed by atoms with Gasteiger partial charge in [-0.1, -0.05) is 12.1 Å². The minimum Gasteiger partial charge on any atom is -0.215 e. The van der Waals surface area contributed by atoms with Gasteiger partial charge in [-0.2, -0.15) is 4.99 Å². The van der Waals surface area contributed by atoms with E-state index in [1.165, 1.54) is 17.8 Å². The average molecular weight is 197 g/mol. The van der Waals surface area contributed by atoms with Crippen LogP contribution in [0.25, 0.3) is 0 Å². The molecule has 0 spiro atoms. The van der Waals surface area contributed by atoms with Crippen LogP contribution in [0.1, 0.15) is 11.9 Å². The molecule has 2 nitrogen and oxygen atoms in total. The number of rotatable bonds is 3. The monoisotopic (exact) mass is 197 g/mol. The Morgan fingerprint density at radius 3 is 3.00 bits per heavy atom. The van der Waals surface area contributed by atoms with Crippen LogP contribution in [0.2, 0.25) is 0 Å². The molecule has 0 aliphatic carbocycles. The predicted molar refractivity (Wildman–Crippen MR) is 50.2 cm³/mol. The second-order valence-corrected chi connectivity index (χ2v) is 3.21. The average Bonchev–Trinajstić information content (AvgIpc) is 2.18. The Morgan fingerprint density at radius 1 is 1.62 bits per heavy atom. The van der Waals surface area contributed by atoms with Crippen molar-refractivity contribution in [1.82, 2.24) is 0 Å². The van der Waals surface area contributed by atoms with Crippen LogP contribution in [0, 0.1) is 0 Å². The Hall–Kier alpha value is -1.12. The van der Waals surface area contributed by atoms with Gasteiger partial charge in [0.25, 0.3) is 0 Å². The van der Waals surface area contributed by atoms with Crippen LogP contribution < -0.4 is 0 Å². The first-order chi connectivity index (χ1) is 6.27. The topological polar surface area (TPSA) is 29.4 Å². The summed E-state index contributed by atoms with van der Waals surface area (Å²) in [6.45, 7) is 0. The highest BCUT2D eigenvalue weighted by Crippen LogP contribution is 2.23. The molecule has 0 N–H and O–H groups in total. The van der Waals surface area contributed by atoms with Gasteiger partial charge in [-0.05, 0) is 18.4 Å². The van der Waals surface area contributed by atoms with Crippen LogP contribution in [-0.4, -0.2) is 12.3 Å². The zero-order valence-electron chi connectivity index (χ0n) is 7.03. The van der Waals surface area contributed by atoms with Crippen molar-refractivity contribution >= 4 is 17.8 Å². The van der Waals surface area contributed by atoms with Gasteiger partial charge in [0.15, 0.2) is 0 Å². The van der Waals surface area contributed by atoms with Crippen molar-refractivity contribution in [1.29, 1.82) is 0 Å². The van der Waals surface area contributed by atoms with Crippen molar-refractivity contribution in [2.75, 3.05) is 6.26 Å². The van der Waals surface area contributed by atoms with Gasteiger partial charge in [0.05, 0.1) is 0 Å². The summed E-state index contributed by atoms with van der Waals surface area (Å²) in [6, 6.07) is 6.85. The highest BCUT2D eigenvalue weighted by atomic mass is 32.2. The molecule has 13 heavy (non-hydrogen) atoms. The van der Waals surface area contributed by atoms with Crippen molar-refractivity contribution in [2.24, 2.45) is 4.99 Å². The van der Waals surface area contributed by atoms with E-state index in [-0.39, 0.29) is 0 Å². The number of benzene rings is 1. The molecule has 0 saturated carbocycles. The molecule has 0 amide bonds. The van der Waals surface area contributed by atoms with Crippen molar-refractivity contribution in [2.45, 2.75) is 11.2 Å². The molecule has 1 unspecified atom stereocenters. The third-order valence-corrected chi connectivity index (χ3v) is 2.26. The van der Waals surface area contributed by atoms with E-state index in [1.807, 2.05) is 12.3 Å². The van der Waals surface area contributed by atoms with Crippen LogP contribution in [-0.2, 0) is 4.79 Å². The van der Waals surface area contributed by atoms with Crippen molar-refractivity contribution in [3.05, 3.63) is 29.8 Å². The number of aliphatic imine (C=N–C) groups is 1. The van der Waals surface area contributed by atoms with E-state index in [0.717, 1.165) is 4.90 Å². The lowest BCUT2D eigenvalue weighted by Crippen LogP contribution is -1.87. The van der Waals surface area contributed by atoms with Gasteiger partial charge in [0, 0.05) is 10.5 Å². The van der Waals surface area contributed by atoms with Crippen LogP contribution in [0.15, 0.2) is 34.2 Å². The van der Waals surface area contributed by atoms with Crippen LogP contribution >= 0.6 is 11.8 Å². The van der Waals surface area contributed by atoms with E-state index in [0.29, 0.717) is 5.56 Å². The number of carbonyl (C=O) groups excluding carboxylic acids is 1. The molecule has 1 aromatic rings. The van der Waals surface area contributed by atoms with Gasteiger partial charge in [0.2, 0.25) is 12.4 Å². The normalized spacial score (nSPS) is 11.8. The fourth-order valence-corrected chi connectivity index (χ4v) is 1.38. The minimum atomic E-state index is -1.59. The molecule has 1 aromatic carbocycles. The number of alkyl halides is 1. The van der Waals surface area contributed by atoms with E-state index < -0.39 is 6.30 Å². The maximum absolute atomic E-state index is 13.0. The summed E-state index contributed by atoms with van der Waals surface area (Å²) in [5, 5.41) is 0. The van der Waals surface area contributed by atoms with Gasteiger partial charge in [-0.15, -0.1) is 11.8 Å². The Balaban J connectivity index is 2.94. The number of hydrogen-bond donors (Lipinski definition) is 0. The van der Waals surface area contributed by atoms with Crippen molar-refractivity contribution < 1.29 is 9.18 Å². The molecular formula is C9H8FNOS. The van der Waals surface area contributed by atoms with Gasteiger partial charge >= 0.3 is 0 Å². The molecule has 0 aromatic heterocycles. The standard InChI is InChI=1S/C9H8FNOS/c1-13-8-4-2-3-7(5-8)9(10)11-6-12/h2-5,9H,1H3. The molecule has 0 aliphatic rings. The second-order valence-electron chi connectivity index (χ2n) is 2.33. The van der Waals surface area contributed by atoms with E-state index in [4.69, 9.17) is 0 Å². The van der Waals surface area contributed by atoms with Gasteiger partial charge < -0.3 is 0 Å². The van der Waals surface area contributed by atoms with Crippen molar-refractivity contribution in [3.63, 3.8) is 0 Å². The lowest BCUT2D eigenvalue weighted by molar-refractivity contribution is 0.356. The van der Waals surface area contributed by atoms with E-state index in [9.17, 15) is 9.18 Å². The molecular weight excluding hydrogens is 189 g/mol. The smallest absolute Gasteiger partial charge is 0.215 e. The Labute approximate surface area is 79.9 Å². The van der Waals surface area contributed by atoms with E-state index in [2.05, 4.69) is 4.99 Å². The molecule has 68 valence electrons. The molecule has 1 atom stereocenters. The molecule has 4 heteroatoms. The minimum absolute atomic E-state index is 0.384. The van der Waals surface area contributed by atoms with E-state index in [1.54, 1.807) is 18.2 Å². The number of isocyanates is 1. The second kappa shape index (κ2) is 4.80. The number of halogens is 1. The van der Waals surface area contributed by atoms with Crippen LogP contribution in [0.4, 0.5) is 4.39 Å². The molecule has 0 aliphatic heterocycles. The third kappa shape index (κ3) is 2.68. The first kappa shape index (κ1) is 9.96. The fourth-order valence-electron chi connectivity index (χ4n) is 0.910. The summed E-state index contributed by atoms with van der Waals surface area (Å²) in [5.41, 5.74) is 0.384.